The molecule has 8 heteroatoms. The molecule has 1 N–H and O–H groups in total. The molecule has 0 saturated carbocycles. The third kappa shape index (κ3) is 4.29. The Morgan fingerprint density at radius 1 is 1.17 bits per heavy atom. The highest BCUT2D eigenvalue weighted by Crippen LogP contribution is 2.35. The lowest BCUT2D eigenvalue weighted by Crippen LogP contribution is -2.17. The summed E-state index contributed by atoms with van der Waals surface area (Å²) in [6.45, 7) is 0. The van der Waals surface area contributed by atoms with Crippen molar-refractivity contribution in [3.8, 4) is 22.6 Å². The maximum Gasteiger partial charge on any atom is 0.573 e. The van der Waals surface area contributed by atoms with E-state index in [1.807, 2.05) is 0 Å². The molecule has 0 aliphatic rings. The van der Waals surface area contributed by atoms with E-state index in [1.165, 1.54) is 31.4 Å². The minimum atomic E-state index is -4.90. The second kappa shape index (κ2) is 6.37. The fourth-order valence-corrected chi connectivity index (χ4v) is 2.15. The third-order valence-electron chi connectivity index (χ3n) is 2.82. The van der Waals surface area contributed by atoms with Gasteiger partial charge >= 0.3 is 12.3 Å². The smallest absolute Gasteiger partial charge is 0.508 e. The fraction of sp³-hybridized carbons (Fsp3) is 0.133. The molecule has 0 amide bonds. The van der Waals surface area contributed by atoms with Gasteiger partial charge in [0.05, 0.1) is 12.7 Å². The van der Waals surface area contributed by atoms with Gasteiger partial charge in [-0.1, -0.05) is 11.6 Å². The Labute approximate surface area is 134 Å². The van der Waals surface area contributed by atoms with Crippen LogP contribution >= 0.6 is 11.6 Å². The molecule has 0 aliphatic heterocycles. The van der Waals surface area contributed by atoms with Crippen molar-refractivity contribution in [3.05, 3.63) is 47.0 Å². The first-order chi connectivity index (χ1) is 10.7. The Kier molecular flexibility index (Phi) is 4.70. The quantitative estimate of drug-likeness (QED) is 0.837. The Morgan fingerprint density at radius 3 is 2.48 bits per heavy atom. The zero-order valence-electron chi connectivity index (χ0n) is 11.6. The van der Waals surface area contributed by atoms with E-state index in [1.54, 1.807) is 0 Å². The van der Waals surface area contributed by atoms with Crippen molar-refractivity contribution in [1.82, 2.24) is 0 Å². The van der Waals surface area contributed by atoms with Gasteiger partial charge < -0.3 is 14.6 Å². The van der Waals surface area contributed by atoms with Crippen LogP contribution < -0.4 is 4.74 Å². The van der Waals surface area contributed by atoms with Gasteiger partial charge in [-0.2, -0.15) is 0 Å². The van der Waals surface area contributed by atoms with Gasteiger partial charge in [0.2, 0.25) is 0 Å². The predicted molar refractivity (Wildman–Crippen MR) is 76.6 cm³/mol. The molecular formula is C15H10ClF3O4. The summed E-state index contributed by atoms with van der Waals surface area (Å²) < 4.78 is 45.3. The monoisotopic (exact) mass is 346 g/mol. The van der Waals surface area contributed by atoms with Gasteiger partial charge in [0.25, 0.3) is 0 Å². The number of rotatable bonds is 3. The number of phenolic OH excluding ortho intramolecular Hbond substituents is 1. The number of hydrogen-bond acceptors (Lipinski definition) is 4. The highest BCUT2D eigenvalue weighted by molar-refractivity contribution is 6.33. The molecule has 0 spiro atoms. The zero-order chi connectivity index (χ0) is 17.2. The number of phenols is 1. The van der Waals surface area contributed by atoms with E-state index in [0.29, 0.717) is 0 Å². The first-order valence-corrected chi connectivity index (χ1v) is 6.55. The lowest BCUT2D eigenvalue weighted by molar-refractivity contribution is -0.274. The number of methoxy groups -OCH3 is 1. The predicted octanol–water partition coefficient (Wildman–Crippen LogP) is 4.40. The summed E-state index contributed by atoms with van der Waals surface area (Å²) in [5, 5.41) is 9.77. The number of benzene rings is 2. The maximum absolute atomic E-state index is 12.3. The molecule has 0 unspecified atom stereocenters. The van der Waals surface area contributed by atoms with Gasteiger partial charge in [-0.05, 0) is 35.9 Å². The van der Waals surface area contributed by atoms with Crippen LogP contribution in [0.15, 0.2) is 36.4 Å². The number of carbonyl (C=O) groups is 1. The molecule has 0 bridgehead atoms. The topological polar surface area (TPSA) is 55.8 Å². The zero-order valence-corrected chi connectivity index (χ0v) is 12.4. The summed E-state index contributed by atoms with van der Waals surface area (Å²) in [6.07, 6.45) is -4.90. The molecule has 122 valence electrons. The molecular weight excluding hydrogens is 337 g/mol. The Bertz CT molecular complexity index is 744. The minimum absolute atomic E-state index is 0.153. The summed E-state index contributed by atoms with van der Waals surface area (Å²) in [7, 11) is 1.19. The normalized spacial score (nSPS) is 11.2. The SMILES string of the molecule is COC(=O)c1ccc(Cl)c(-c2cc(O)cc(OC(F)(F)F)c2)c1. The Morgan fingerprint density at radius 2 is 1.87 bits per heavy atom. The Hall–Kier alpha value is -2.41. The highest BCUT2D eigenvalue weighted by Gasteiger charge is 2.31. The first-order valence-electron chi connectivity index (χ1n) is 6.17. The van der Waals surface area contributed by atoms with E-state index in [9.17, 15) is 23.1 Å². The van der Waals surface area contributed by atoms with Crippen LogP contribution in [0.25, 0.3) is 11.1 Å². The van der Waals surface area contributed by atoms with E-state index >= 15 is 0 Å². The Balaban J connectivity index is 2.51. The molecule has 0 radical (unpaired) electrons. The van der Waals surface area contributed by atoms with Gasteiger partial charge in [0.15, 0.2) is 0 Å². The van der Waals surface area contributed by atoms with Crippen molar-refractivity contribution < 1.29 is 32.5 Å². The molecule has 4 nitrogen and oxygen atoms in total. The van der Waals surface area contributed by atoms with Crippen LogP contribution in [-0.4, -0.2) is 24.5 Å². The molecule has 2 aromatic rings. The number of aromatic hydroxyl groups is 1. The molecule has 0 aromatic heterocycles. The number of ether oxygens (including phenoxy) is 2. The summed E-state index contributed by atoms with van der Waals surface area (Å²) in [5.74, 6) is -1.68. The number of hydrogen-bond donors (Lipinski definition) is 1. The van der Waals surface area contributed by atoms with Crippen molar-refractivity contribution in [2.45, 2.75) is 6.36 Å². The van der Waals surface area contributed by atoms with Crippen LogP contribution in [0.1, 0.15) is 10.4 Å². The second-order valence-corrected chi connectivity index (χ2v) is 4.86. The summed E-state index contributed by atoms with van der Waals surface area (Å²) >= 11 is 6.02. The van der Waals surface area contributed by atoms with Crippen molar-refractivity contribution in [2.24, 2.45) is 0 Å². The number of carbonyl (C=O) groups excluding carboxylic acids is 1. The first kappa shape index (κ1) is 17.0. The molecule has 0 aliphatic carbocycles. The summed E-state index contributed by atoms with van der Waals surface area (Å²) in [6, 6.07) is 7.22. The van der Waals surface area contributed by atoms with Gasteiger partial charge in [-0.3, -0.25) is 0 Å². The molecule has 2 rings (SSSR count). The number of esters is 1. The van der Waals surface area contributed by atoms with E-state index in [4.69, 9.17) is 11.6 Å². The lowest BCUT2D eigenvalue weighted by Gasteiger charge is -2.12. The van der Waals surface area contributed by atoms with Crippen molar-refractivity contribution in [1.29, 1.82) is 0 Å². The molecule has 0 atom stereocenters. The average Bonchev–Trinajstić information content (AvgIpc) is 2.44. The van der Waals surface area contributed by atoms with Gasteiger partial charge in [-0.15, -0.1) is 13.2 Å². The summed E-state index contributed by atoms with van der Waals surface area (Å²) in [5.41, 5.74) is 0.561. The lowest BCUT2D eigenvalue weighted by atomic mass is 10.0. The molecule has 2 aromatic carbocycles. The molecule has 23 heavy (non-hydrogen) atoms. The molecule has 0 heterocycles. The number of alkyl halides is 3. The van der Waals surface area contributed by atoms with Crippen LogP contribution in [-0.2, 0) is 4.74 Å². The third-order valence-corrected chi connectivity index (χ3v) is 3.15. The van der Waals surface area contributed by atoms with Crippen molar-refractivity contribution >= 4 is 17.6 Å². The van der Waals surface area contributed by atoms with Crippen LogP contribution in [0, 0.1) is 0 Å². The van der Waals surface area contributed by atoms with Gasteiger partial charge in [0, 0.05) is 16.7 Å². The van der Waals surface area contributed by atoms with Crippen molar-refractivity contribution in [3.63, 3.8) is 0 Å². The maximum atomic E-state index is 12.3. The van der Waals surface area contributed by atoms with Crippen LogP contribution in [0.4, 0.5) is 13.2 Å². The van der Waals surface area contributed by atoms with Crippen LogP contribution in [0.3, 0.4) is 0 Å². The molecule has 0 saturated heterocycles. The minimum Gasteiger partial charge on any atom is -0.508 e. The van der Waals surface area contributed by atoms with Crippen LogP contribution in [0.5, 0.6) is 11.5 Å². The van der Waals surface area contributed by atoms with Crippen molar-refractivity contribution in [2.75, 3.05) is 7.11 Å². The van der Waals surface area contributed by atoms with E-state index in [-0.39, 0.29) is 21.7 Å². The van der Waals surface area contributed by atoms with Crippen LogP contribution in [0.2, 0.25) is 5.02 Å². The summed E-state index contributed by atoms with van der Waals surface area (Å²) in [4.78, 5) is 11.5. The fourth-order valence-electron chi connectivity index (χ4n) is 1.92. The van der Waals surface area contributed by atoms with Gasteiger partial charge in [-0.25, -0.2) is 4.79 Å². The van der Waals surface area contributed by atoms with E-state index < -0.39 is 23.8 Å². The second-order valence-electron chi connectivity index (χ2n) is 4.45. The highest BCUT2D eigenvalue weighted by atomic mass is 35.5. The van der Waals surface area contributed by atoms with Gasteiger partial charge in [0.1, 0.15) is 11.5 Å². The largest absolute Gasteiger partial charge is 0.573 e. The average molecular weight is 347 g/mol. The van der Waals surface area contributed by atoms with E-state index in [0.717, 1.165) is 12.1 Å². The number of halogens is 4. The standard InChI is InChI=1S/C15H10ClF3O4/c1-22-14(21)8-2-3-13(16)12(6-8)9-4-10(20)7-11(5-9)23-15(17,18)19/h2-7,20H,1H3. The molecule has 0 fully saturated rings. The van der Waals surface area contributed by atoms with E-state index in [2.05, 4.69) is 9.47 Å².